The van der Waals surface area contributed by atoms with E-state index in [1.54, 1.807) is 12.4 Å². The van der Waals surface area contributed by atoms with Crippen molar-refractivity contribution in [3.05, 3.63) is 65.5 Å². The number of ether oxygens (including phenoxy) is 1. The standard InChI is InChI=1S/C21H20ClN7O/c22-20-15(2-1-7-23-20)13-19-28-27-18-12-14(4-9-29(18)19)17-3-8-24-21(26-17)25-16-5-10-30-11-6-16/h1-4,7-9,12,16H,5-6,10-11,13H2,(H,24,25,26). The first-order chi connectivity index (χ1) is 14.8. The van der Waals surface area contributed by atoms with Crippen LogP contribution in [0.25, 0.3) is 16.9 Å². The third-order valence-electron chi connectivity index (χ3n) is 5.17. The minimum atomic E-state index is 0.342. The third-order valence-corrected chi connectivity index (χ3v) is 5.51. The molecule has 152 valence electrons. The van der Waals surface area contributed by atoms with Crippen molar-refractivity contribution >= 4 is 23.2 Å². The number of hydrogen-bond donors (Lipinski definition) is 1. The fourth-order valence-electron chi connectivity index (χ4n) is 3.56. The second kappa shape index (κ2) is 8.33. The molecule has 1 saturated heterocycles. The number of nitrogens with zero attached hydrogens (tertiary/aromatic N) is 6. The monoisotopic (exact) mass is 421 g/mol. The highest BCUT2D eigenvalue weighted by Gasteiger charge is 2.15. The van der Waals surface area contributed by atoms with Crippen LogP contribution in [0.15, 0.2) is 48.9 Å². The molecule has 4 aromatic heterocycles. The van der Waals surface area contributed by atoms with Crippen molar-refractivity contribution in [1.29, 1.82) is 0 Å². The average Bonchev–Trinajstić information content (AvgIpc) is 3.18. The number of nitrogens with one attached hydrogen (secondary N) is 1. The molecule has 8 nitrogen and oxygen atoms in total. The molecular formula is C21H20ClN7O. The van der Waals surface area contributed by atoms with Crippen molar-refractivity contribution in [2.24, 2.45) is 0 Å². The van der Waals surface area contributed by atoms with Crippen molar-refractivity contribution in [1.82, 2.24) is 29.5 Å². The third kappa shape index (κ3) is 3.96. The second-order valence-corrected chi connectivity index (χ2v) is 7.54. The van der Waals surface area contributed by atoms with Gasteiger partial charge in [0.2, 0.25) is 5.95 Å². The van der Waals surface area contributed by atoms with Gasteiger partial charge in [0.1, 0.15) is 11.0 Å². The number of halogens is 1. The summed E-state index contributed by atoms with van der Waals surface area (Å²) in [6, 6.07) is 10.0. The highest BCUT2D eigenvalue weighted by molar-refractivity contribution is 6.30. The van der Waals surface area contributed by atoms with E-state index in [-0.39, 0.29) is 0 Å². The summed E-state index contributed by atoms with van der Waals surface area (Å²) in [5.74, 6) is 1.43. The summed E-state index contributed by atoms with van der Waals surface area (Å²) in [5.41, 5.74) is 3.46. The Bertz CT molecular complexity index is 1170. The fourth-order valence-corrected chi connectivity index (χ4v) is 3.74. The van der Waals surface area contributed by atoms with E-state index in [4.69, 9.17) is 16.3 Å². The molecule has 9 heteroatoms. The summed E-state index contributed by atoms with van der Waals surface area (Å²) >= 11 is 6.19. The number of pyridine rings is 2. The van der Waals surface area contributed by atoms with Crippen LogP contribution in [0.3, 0.4) is 0 Å². The van der Waals surface area contributed by atoms with Crippen LogP contribution in [-0.2, 0) is 11.2 Å². The summed E-state index contributed by atoms with van der Waals surface area (Å²) in [4.78, 5) is 13.2. The lowest BCUT2D eigenvalue weighted by Gasteiger charge is -2.23. The lowest BCUT2D eigenvalue weighted by molar-refractivity contribution is 0.0903. The van der Waals surface area contributed by atoms with Crippen LogP contribution in [0.1, 0.15) is 24.2 Å². The minimum Gasteiger partial charge on any atom is -0.381 e. The van der Waals surface area contributed by atoms with E-state index in [0.29, 0.717) is 23.6 Å². The number of aromatic nitrogens is 6. The molecule has 1 fully saturated rings. The van der Waals surface area contributed by atoms with Crippen LogP contribution >= 0.6 is 11.6 Å². The largest absolute Gasteiger partial charge is 0.381 e. The van der Waals surface area contributed by atoms with Gasteiger partial charge in [-0.15, -0.1) is 10.2 Å². The van der Waals surface area contributed by atoms with Crippen molar-refractivity contribution in [2.75, 3.05) is 18.5 Å². The molecule has 5 heterocycles. The Morgan fingerprint density at radius 2 is 2.00 bits per heavy atom. The van der Waals surface area contributed by atoms with Gasteiger partial charge in [0, 0.05) is 49.8 Å². The zero-order valence-electron chi connectivity index (χ0n) is 16.2. The van der Waals surface area contributed by atoms with Crippen LogP contribution < -0.4 is 5.32 Å². The molecule has 1 N–H and O–H groups in total. The van der Waals surface area contributed by atoms with Crippen LogP contribution in [0.4, 0.5) is 5.95 Å². The van der Waals surface area contributed by atoms with Gasteiger partial charge in [-0.1, -0.05) is 17.7 Å². The summed E-state index contributed by atoms with van der Waals surface area (Å²) in [6.45, 7) is 1.54. The van der Waals surface area contributed by atoms with Crippen molar-refractivity contribution < 1.29 is 4.74 Å². The molecule has 0 aromatic carbocycles. The van der Waals surface area contributed by atoms with Gasteiger partial charge < -0.3 is 10.1 Å². The molecule has 0 aliphatic carbocycles. The fraction of sp³-hybridized carbons (Fsp3) is 0.286. The van der Waals surface area contributed by atoms with E-state index < -0.39 is 0 Å². The topological polar surface area (TPSA) is 90.1 Å². The molecule has 4 aromatic rings. The molecule has 0 atom stereocenters. The zero-order valence-corrected chi connectivity index (χ0v) is 17.0. The Morgan fingerprint density at radius 3 is 2.87 bits per heavy atom. The van der Waals surface area contributed by atoms with E-state index in [1.807, 2.05) is 40.9 Å². The summed E-state index contributed by atoms with van der Waals surface area (Å²) in [7, 11) is 0. The van der Waals surface area contributed by atoms with Crippen LogP contribution in [-0.4, -0.2) is 48.8 Å². The van der Waals surface area contributed by atoms with Gasteiger partial charge in [-0.25, -0.2) is 15.0 Å². The molecule has 0 amide bonds. The maximum absolute atomic E-state index is 6.19. The van der Waals surface area contributed by atoms with Crippen LogP contribution in [0.2, 0.25) is 5.15 Å². The van der Waals surface area contributed by atoms with Crippen molar-refractivity contribution in [3.8, 4) is 11.3 Å². The van der Waals surface area contributed by atoms with E-state index in [9.17, 15) is 0 Å². The second-order valence-electron chi connectivity index (χ2n) is 7.19. The van der Waals surface area contributed by atoms with Crippen LogP contribution in [0.5, 0.6) is 0 Å². The van der Waals surface area contributed by atoms with Gasteiger partial charge in [-0.3, -0.25) is 4.40 Å². The van der Waals surface area contributed by atoms with Gasteiger partial charge in [-0.2, -0.15) is 0 Å². The first kappa shape index (κ1) is 18.9. The van der Waals surface area contributed by atoms with Gasteiger partial charge in [0.25, 0.3) is 0 Å². The molecule has 5 rings (SSSR count). The highest BCUT2D eigenvalue weighted by Crippen LogP contribution is 2.22. The first-order valence-electron chi connectivity index (χ1n) is 9.87. The summed E-state index contributed by atoms with van der Waals surface area (Å²) in [5, 5.41) is 12.5. The SMILES string of the molecule is Clc1ncccc1Cc1nnc2cc(-c3ccnc(NC4CCOCC4)n3)ccn12. The Morgan fingerprint density at radius 1 is 1.10 bits per heavy atom. The molecule has 1 aliphatic rings. The number of fused-ring (bicyclic) bond motifs is 1. The number of hydrogen-bond acceptors (Lipinski definition) is 7. The smallest absolute Gasteiger partial charge is 0.223 e. The quantitative estimate of drug-likeness (QED) is 0.494. The molecule has 30 heavy (non-hydrogen) atoms. The first-order valence-corrected chi connectivity index (χ1v) is 10.2. The van der Waals surface area contributed by atoms with Crippen molar-refractivity contribution in [2.45, 2.75) is 25.3 Å². The summed E-state index contributed by atoms with van der Waals surface area (Å²) < 4.78 is 7.36. The molecule has 0 bridgehead atoms. The maximum atomic E-state index is 6.19. The van der Waals surface area contributed by atoms with Crippen molar-refractivity contribution in [3.63, 3.8) is 0 Å². The Balaban J connectivity index is 1.39. The Kier molecular flexibility index (Phi) is 5.25. The average molecular weight is 422 g/mol. The van der Waals surface area contributed by atoms with Gasteiger partial charge in [-0.05, 0) is 42.7 Å². The van der Waals surface area contributed by atoms with Gasteiger partial charge >= 0.3 is 0 Å². The van der Waals surface area contributed by atoms with Crippen LogP contribution in [0, 0.1) is 0 Å². The molecule has 0 spiro atoms. The molecule has 1 aliphatic heterocycles. The van der Waals surface area contributed by atoms with Gasteiger partial charge in [0.05, 0.1) is 5.69 Å². The van der Waals surface area contributed by atoms with E-state index in [2.05, 4.69) is 30.5 Å². The molecule has 0 saturated carbocycles. The zero-order chi connectivity index (χ0) is 20.3. The van der Waals surface area contributed by atoms with E-state index in [0.717, 1.165) is 54.3 Å². The lowest BCUT2D eigenvalue weighted by Crippen LogP contribution is -2.28. The summed E-state index contributed by atoms with van der Waals surface area (Å²) in [6.07, 6.45) is 7.88. The highest BCUT2D eigenvalue weighted by atomic mass is 35.5. The predicted molar refractivity (Wildman–Crippen MR) is 114 cm³/mol. The predicted octanol–water partition coefficient (Wildman–Crippen LogP) is 3.42. The van der Waals surface area contributed by atoms with Gasteiger partial charge in [0.15, 0.2) is 5.65 Å². The van der Waals surface area contributed by atoms with E-state index >= 15 is 0 Å². The lowest BCUT2D eigenvalue weighted by atomic mass is 10.1. The number of rotatable bonds is 5. The minimum absolute atomic E-state index is 0.342. The Labute approximate surface area is 178 Å². The molecule has 0 unspecified atom stereocenters. The molecular weight excluding hydrogens is 402 g/mol. The Hall–Kier alpha value is -3.10. The maximum Gasteiger partial charge on any atom is 0.223 e. The normalized spacial score (nSPS) is 14.8. The molecule has 0 radical (unpaired) electrons. The number of anilines is 1. The van der Waals surface area contributed by atoms with E-state index in [1.165, 1.54) is 0 Å².